The fourth-order valence-corrected chi connectivity index (χ4v) is 9.20. The van der Waals surface area contributed by atoms with E-state index in [0.717, 1.165) is 38.5 Å². The summed E-state index contributed by atoms with van der Waals surface area (Å²) in [4.78, 5) is 38.1. The van der Waals surface area contributed by atoms with E-state index < -0.39 is 0 Å². The van der Waals surface area contributed by atoms with Gasteiger partial charge in [-0.05, 0) is 74.3 Å². The molecule has 5 heteroatoms. The van der Waals surface area contributed by atoms with Crippen LogP contribution in [0.15, 0.2) is 23.8 Å². The highest BCUT2D eigenvalue weighted by atomic mass is 16.6. The zero-order valence-electron chi connectivity index (χ0n) is 20.2. The molecule has 11 atom stereocenters. The van der Waals surface area contributed by atoms with Crippen LogP contribution in [-0.4, -0.2) is 29.9 Å². The topological polar surface area (TPSA) is 69.7 Å². The molecule has 33 heavy (non-hydrogen) atoms. The Bertz CT molecular complexity index is 979. The number of esters is 2. The minimum absolute atomic E-state index is 0.0276. The number of cyclic esters (lactones) is 2. The van der Waals surface area contributed by atoms with Crippen molar-refractivity contribution in [2.45, 2.75) is 78.4 Å². The van der Waals surface area contributed by atoms with Crippen molar-refractivity contribution in [2.24, 2.45) is 52.3 Å². The van der Waals surface area contributed by atoms with E-state index in [1.165, 1.54) is 5.57 Å². The van der Waals surface area contributed by atoms with Crippen molar-refractivity contribution in [2.75, 3.05) is 0 Å². The summed E-state index contributed by atoms with van der Waals surface area (Å²) in [6.45, 7) is 8.48. The third-order valence-corrected chi connectivity index (χ3v) is 11.2. The van der Waals surface area contributed by atoms with Crippen LogP contribution < -0.4 is 0 Å². The Balaban J connectivity index is 1.30. The van der Waals surface area contributed by atoms with E-state index >= 15 is 0 Å². The number of ether oxygens (including phenoxy) is 2. The molecule has 0 amide bonds. The van der Waals surface area contributed by atoms with Gasteiger partial charge in [0.25, 0.3) is 0 Å². The standard InChI is InChI=1S/C28H36O5/c1-14-15(2)25(30)32-23(14)24-16(3)20-7-8-22-19-6-5-17-13-18(29)9-11-27(17,4)21(19)10-12-28(20,22)26(31)33-24/h9,11,13-16,19-24H,5-8,10,12H2,1-4H3/t14-,15-,16+,19-,20+,21+,22+,23-,24+,27+,28+/m1/s1. The van der Waals surface area contributed by atoms with E-state index in [1.54, 1.807) is 6.08 Å². The lowest BCUT2D eigenvalue weighted by Crippen LogP contribution is -2.60. The molecule has 0 bridgehead atoms. The van der Waals surface area contributed by atoms with Crippen molar-refractivity contribution in [3.8, 4) is 0 Å². The van der Waals surface area contributed by atoms with Crippen molar-refractivity contribution in [1.82, 2.24) is 0 Å². The van der Waals surface area contributed by atoms with Crippen molar-refractivity contribution in [3.63, 3.8) is 0 Å². The zero-order valence-corrected chi connectivity index (χ0v) is 20.2. The zero-order chi connectivity index (χ0) is 23.3. The van der Waals surface area contributed by atoms with Gasteiger partial charge in [-0.3, -0.25) is 14.4 Å². The molecule has 0 aromatic rings. The second-order valence-corrected chi connectivity index (χ2v) is 12.1. The van der Waals surface area contributed by atoms with Gasteiger partial charge in [0.2, 0.25) is 0 Å². The summed E-state index contributed by atoms with van der Waals surface area (Å²) in [5.41, 5.74) is 0.834. The van der Waals surface area contributed by atoms with Crippen LogP contribution in [0.1, 0.15) is 66.2 Å². The lowest BCUT2D eigenvalue weighted by molar-refractivity contribution is -0.211. The summed E-state index contributed by atoms with van der Waals surface area (Å²) in [7, 11) is 0. The van der Waals surface area contributed by atoms with Gasteiger partial charge in [-0.1, -0.05) is 39.3 Å². The molecule has 6 rings (SSSR count). The molecule has 5 fully saturated rings. The Kier molecular flexibility index (Phi) is 4.62. The van der Waals surface area contributed by atoms with Gasteiger partial charge in [-0.25, -0.2) is 0 Å². The van der Waals surface area contributed by atoms with Crippen LogP contribution in [0.5, 0.6) is 0 Å². The SMILES string of the molecule is C[C@@H]1[C@@H]([C@@H]2OC(=O)[C@H](C)[C@H]2C)OC(=O)[C@]23CC[C@H]4[C@@H](CCC5=CC(=O)C=C[C@@]54C)[C@@H]2CC[C@@H]13. The van der Waals surface area contributed by atoms with Crippen molar-refractivity contribution in [3.05, 3.63) is 23.8 Å². The Morgan fingerprint density at radius 1 is 0.879 bits per heavy atom. The van der Waals surface area contributed by atoms with Gasteiger partial charge >= 0.3 is 11.9 Å². The molecule has 1 spiro atoms. The Labute approximate surface area is 196 Å². The third kappa shape index (κ3) is 2.68. The van der Waals surface area contributed by atoms with Gasteiger partial charge in [0.1, 0.15) is 12.2 Å². The van der Waals surface area contributed by atoms with Crippen LogP contribution in [0, 0.1) is 52.3 Å². The molecule has 0 unspecified atom stereocenters. The lowest BCUT2D eigenvalue weighted by Gasteiger charge is -2.59. The highest BCUT2D eigenvalue weighted by Crippen LogP contribution is 2.69. The maximum absolute atomic E-state index is 13.9. The average Bonchev–Trinajstić information content (AvgIpc) is 3.31. The fourth-order valence-electron chi connectivity index (χ4n) is 9.20. The van der Waals surface area contributed by atoms with Crippen molar-refractivity contribution >= 4 is 17.7 Å². The molecule has 0 aromatic carbocycles. The second kappa shape index (κ2) is 7.05. The summed E-state index contributed by atoms with van der Waals surface area (Å²) in [6.07, 6.45) is 11.1. The number of hydrogen-bond acceptors (Lipinski definition) is 5. The van der Waals surface area contributed by atoms with Crippen LogP contribution in [-0.2, 0) is 23.9 Å². The molecule has 0 aromatic heterocycles. The molecule has 0 N–H and O–H groups in total. The number of carbonyl (C=O) groups is 3. The predicted molar refractivity (Wildman–Crippen MR) is 122 cm³/mol. The van der Waals surface area contributed by atoms with Crippen LogP contribution in [0.3, 0.4) is 0 Å². The molecule has 3 saturated carbocycles. The molecule has 5 nitrogen and oxygen atoms in total. The van der Waals surface area contributed by atoms with Crippen LogP contribution in [0.4, 0.5) is 0 Å². The van der Waals surface area contributed by atoms with Crippen LogP contribution >= 0.6 is 0 Å². The molecule has 0 radical (unpaired) electrons. The summed E-state index contributed by atoms with van der Waals surface area (Å²) >= 11 is 0. The quantitative estimate of drug-likeness (QED) is 0.542. The van der Waals surface area contributed by atoms with E-state index in [-0.39, 0.29) is 58.5 Å². The molecule has 2 aliphatic heterocycles. The molecule has 178 valence electrons. The van der Waals surface area contributed by atoms with E-state index in [9.17, 15) is 14.4 Å². The summed E-state index contributed by atoms with van der Waals surface area (Å²) in [5, 5.41) is 0. The molecule has 2 saturated heterocycles. The van der Waals surface area contributed by atoms with Crippen molar-refractivity contribution < 1.29 is 23.9 Å². The number of hydrogen-bond donors (Lipinski definition) is 0. The van der Waals surface area contributed by atoms with Gasteiger partial charge in [0.15, 0.2) is 5.78 Å². The van der Waals surface area contributed by atoms with Crippen LogP contribution in [0.25, 0.3) is 0 Å². The normalized spacial score (nSPS) is 52.8. The Morgan fingerprint density at radius 2 is 1.61 bits per heavy atom. The first-order valence-electron chi connectivity index (χ1n) is 13.0. The third-order valence-electron chi connectivity index (χ3n) is 11.2. The predicted octanol–water partition coefficient (Wildman–Crippen LogP) is 4.65. The smallest absolute Gasteiger partial charge is 0.313 e. The number of fused-ring (bicyclic) bond motifs is 4. The Hall–Kier alpha value is -1.91. The van der Waals surface area contributed by atoms with Gasteiger partial charge in [-0.2, -0.15) is 0 Å². The summed E-state index contributed by atoms with van der Waals surface area (Å²) < 4.78 is 12.0. The van der Waals surface area contributed by atoms with E-state index in [4.69, 9.17) is 9.47 Å². The maximum Gasteiger partial charge on any atom is 0.313 e. The molecule has 6 aliphatic rings. The first-order valence-corrected chi connectivity index (χ1v) is 13.0. The fraction of sp³-hybridized carbons (Fsp3) is 0.750. The van der Waals surface area contributed by atoms with Crippen molar-refractivity contribution in [1.29, 1.82) is 0 Å². The molecular weight excluding hydrogens is 416 g/mol. The molecule has 4 aliphatic carbocycles. The maximum atomic E-state index is 13.9. The Morgan fingerprint density at radius 3 is 2.33 bits per heavy atom. The number of ketones is 1. The van der Waals surface area contributed by atoms with Gasteiger partial charge in [0.05, 0.1) is 11.3 Å². The largest absolute Gasteiger partial charge is 0.458 e. The van der Waals surface area contributed by atoms with Gasteiger partial charge in [-0.15, -0.1) is 0 Å². The molecule has 2 heterocycles. The van der Waals surface area contributed by atoms with Gasteiger partial charge < -0.3 is 9.47 Å². The van der Waals surface area contributed by atoms with E-state index in [0.29, 0.717) is 23.7 Å². The van der Waals surface area contributed by atoms with Crippen LogP contribution in [0.2, 0.25) is 0 Å². The van der Waals surface area contributed by atoms with Gasteiger partial charge in [0, 0.05) is 17.3 Å². The highest BCUT2D eigenvalue weighted by molar-refractivity contribution is 6.01. The lowest BCUT2D eigenvalue weighted by atomic mass is 9.46. The minimum atomic E-state index is -0.389. The number of carbonyl (C=O) groups excluding carboxylic acids is 3. The summed E-state index contributed by atoms with van der Waals surface area (Å²) in [6, 6.07) is 0. The number of rotatable bonds is 1. The van der Waals surface area contributed by atoms with E-state index in [2.05, 4.69) is 19.9 Å². The second-order valence-electron chi connectivity index (χ2n) is 12.1. The first-order chi connectivity index (χ1) is 15.7. The highest BCUT2D eigenvalue weighted by Gasteiger charge is 2.68. The first kappa shape index (κ1) is 21.6. The monoisotopic (exact) mass is 452 g/mol. The minimum Gasteiger partial charge on any atom is -0.458 e. The number of allylic oxidation sites excluding steroid dienone is 4. The van der Waals surface area contributed by atoms with E-state index in [1.807, 2.05) is 19.9 Å². The molecular formula is C28H36O5. The summed E-state index contributed by atoms with van der Waals surface area (Å²) in [5.74, 6) is 1.64. The average molecular weight is 453 g/mol.